The molecule has 0 spiro atoms. The molecule has 0 radical (unpaired) electrons. The number of carbonyl (C=O) groups is 3. The van der Waals surface area contributed by atoms with Crippen LogP contribution in [0, 0.1) is 11.3 Å². The van der Waals surface area contributed by atoms with Gasteiger partial charge in [0.05, 0.1) is 12.0 Å². The molecule has 0 fully saturated rings. The average Bonchev–Trinajstić information content (AvgIpc) is 2.44. The predicted octanol–water partition coefficient (Wildman–Crippen LogP) is 0.949. The minimum Gasteiger partial charge on any atom is -0.481 e. The molecule has 0 aliphatic rings. The van der Waals surface area contributed by atoms with Crippen LogP contribution in [0.4, 0.5) is 4.79 Å². The third-order valence-corrected chi connectivity index (χ3v) is 3.51. The van der Waals surface area contributed by atoms with E-state index in [9.17, 15) is 19.5 Å². The van der Waals surface area contributed by atoms with Crippen molar-refractivity contribution >= 4 is 17.9 Å². The minimum atomic E-state index is -0.961. The van der Waals surface area contributed by atoms with E-state index in [2.05, 4.69) is 16.0 Å². The Morgan fingerprint density at radius 3 is 2.05 bits per heavy atom. The van der Waals surface area contributed by atoms with E-state index in [4.69, 9.17) is 0 Å². The number of carbonyl (C=O) groups excluding carboxylic acids is 2. The fraction of sp³-hybridized carbons (Fsp3) is 0.786. The monoisotopic (exact) mass is 301 g/mol. The maximum absolute atomic E-state index is 11.6. The van der Waals surface area contributed by atoms with E-state index in [1.165, 1.54) is 0 Å². The van der Waals surface area contributed by atoms with Crippen LogP contribution in [0.1, 0.15) is 40.5 Å². The minimum absolute atomic E-state index is 0.0365. The van der Waals surface area contributed by atoms with Gasteiger partial charge in [-0.05, 0) is 18.8 Å². The Morgan fingerprint density at radius 2 is 1.62 bits per heavy atom. The molecule has 0 bridgehead atoms. The fourth-order valence-electron chi connectivity index (χ4n) is 1.73. The molecule has 0 aliphatic heterocycles. The summed E-state index contributed by atoms with van der Waals surface area (Å²) in [6.07, 6.45) is 0.849. The number of hydrogen-bond acceptors (Lipinski definition) is 3. The molecular weight excluding hydrogens is 274 g/mol. The van der Waals surface area contributed by atoms with Gasteiger partial charge < -0.3 is 21.1 Å². The third kappa shape index (κ3) is 6.97. The Morgan fingerprint density at radius 1 is 1.05 bits per heavy atom. The number of amides is 3. The van der Waals surface area contributed by atoms with Gasteiger partial charge in [-0.3, -0.25) is 9.59 Å². The first kappa shape index (κ1) is 19.2. The van der Waals surface area contributed by atoms with E-state index in [0.717, 1.165) is 0 Å². The zero-order chi connectivity index (χ0) is 16.5. The van der Waals surface area contributed by atoms with Crippen LogP contribution in [0.2, 0.25) is 0 Å². The number of rotatable bonds is 9. The Bertz CT molecular complexity index is 365. The molecule has 0 atom stereocenters. The van der Waals surface area contributed by atoms with Gasteiger partial charge in [0.25, 0.3) is 0 Å². The molecule has 0 unspecified atom stereocenters. The van der Waals surface area contributed by atoms with Gasteiger partial charge in [-0.25, -0.2) is 4.79 Å². The largest absolute Gasteiger partial charge is 0.481 e. The number of aliphatic carboxylic acids is 1. The Hall–Kier alpha value is -1.79. The number of carboxylic acid groups (broad SMARTS) is 1. The summed E-state index contributed by atoms with van der Waals surface area (Å²) in [6.45, 7) is 7.96. The van der Waals surface area contributed by atoms with E-state index in [1.54, 1.807) is 13.8 Å². The highest BCUT2D eigenvalue weighted by Gasteiger charge is 2.35. The smallest absolute Gasteiger partial charge is 0.315 e. The zero-order valence-corrected chi connectivity index (χ0v) is 13.3. The summed E-state index contributed by atoms with van der Waals surface area (Å²) in [5, 5.41) is 16.8. The van der Waals surface area contributed by atoms with Crippen molar-refractivity contribution in [3.63, 3.8) is 0 Å². The molecule has 0 saturated carbocycles. The second-order valence-electron chi connectivity index (χ2n) is 5.53. The lowest BCUT2D eigenvalue weighted by Crippen LogP contribution is -2.48. The lowest BCUT2D eigenvalue weighted by atomic mass is 9.82. The van der Waals surface area contributed by atoms with Crippen molar-refractivity contribution in [1.82, 2.24) is 16.0 Å². The Kier molecular flexibility index (Phi) is 8.42. The lowest BCUT2D eigenvalue weighted by molar-refractivity contribution is -0.149. The van der Waals surface area contributed by atoms with Crippen molar-refractivity contribution in [2.45, 2.75) is 40.5 Å². The van der Waals surface area contributed by atoms with Crippen molar-refractivity contribution < 1.29 is 19.5 Å². The van der Waals surface area contributed by atoms with Gasteiger partial charge in [-0.2, -0.15) is 0 Å². The highest BCUT2D eigenvalue weighted by Crippen LogP contribution is 2.25. The quantitative estimate of drug-likeness (QED) is 0.508. The van der Waals surface area contributed by atoms with Crippen LogP contribution in [0.3, 0.4) is 0 Å². The second-order valence-corrected chi connectivity index (χ2v) is 5.53. The Balaban J connectivity index is 4.15. The highest BCUT2D eigenvalue weighted by molar-refractivity contribution is 5.84. The van der Waals surface area contributed by atoms with Crippen LogP contribution in [0.15, 0.2) is 0 Å². The molecule has 0 heterocycles. The Labute approximate surface area is 125 Å². The van der Waals surface area contributed by atoms with E-state index in [1.807, 2.05) is 13.8 Å². The van der Waals surface area contributed by atoms with E-state index < -0.39 is 17.4 Å². The normalized spacial score (nSPS) is 11.1. The van der Waals surface area contributed by atoms with Crippen molar-refractivity contribution in [1.29, 1.82) is 0 Å². The van der Waals surface area contributed by atoms with Crippen molar-refractivity contribution in [2.24, 2.45) is 11.3 Å². The molecule has 0 aromatic rings. The average molecular weight is 301 g/mol. The number of hydrogen-bond donors (Lipinski definition) is 4. The van der Waals surface area contributed by atoms with Crippen molar-refractivity contribution in [3.8, 4) is 0 Å². The number of urea groups is 1. The second kappa shape index (κ2) is 9.20. The first-order chi connectivity index (χ1) is 9.77. The maximum Gasteiger partial charge on any atom is 0.315 e. The molecule has 0 aromatic heterocycles. The standard InChI is InChI=1S/C14H27N3O4/c1-5-14(6-2,12(19)20)9-17-13(21)16-8-11(18)15-7-10(3)4/h10H,5-9H2,1-4H3,(H,15,18)(H,19,20)(H2,16,17,21). The molecule has 4 N–H and O–H groups in total. The molecule has 0 saturated heterocycles. The van der Waals surface area contributed by atoms with Gasteiger partial charge in [-0.15, -0.1) is 0 Å². The highest BCUT2D eigenvalue weighted by atomic mass is 16.4. The van der Waals surface area contributed by atoms with E-state index >= 15 is 0 Å². The van der Waals surface area contributed by atoms with Gasteiger partial charge in [0.2, 0.25) is 5.91 Å². The van der Waals surface area contributed by atoms with Crippen LogP contribution >= 0.6 is 0 Å². The molecule has 0 rings (SSSR count). The molecule has 7 nitrogen and oxygen atoms in total. The molecule has 21 heavy (non-hydrogen) atoms. The maximum atomic E-state index is 11.6. The SMILES string of the molecule is CCC(CC)(CNC(=O)NCC(=O)NCC(C)C)C(=O)O. The molecule has 7 heteroatoms. The summed E-state index contributed by atoms with van der Waals surface area (Å²) in [6, 6.07) is -0.540. The molecule has 0 aliphatic carbocycles. The summed E-state index contributed by atoms with van der Waals surface area (Å²) >= 11 is 0. The van der Waals surface area contributed by atoms with Gasteiger partial charge in [-0.1, -0.05) is 27.7 Å². The summed E-state index contributed by atoms with van der Waals surface area (Å²) in [4.78, 5) is 34.3. The first-order valence-corrected chi connectivity index (χ1v) is 7.29. The number of carboxylic acids is 1. The van der Waals surface area contributed by atoms with Crippen molar-refractivity contribution in [3.05, 3.63) is 0 Å². The molecule has 0 aromatic carbocycles. The van der Waals surface area contributed by atoms with Crippen LogP contribution in [0.5, 0.6) is 0 Å². The van der Waals surface area contributed by atoms with Gasteiger partial charge >= 0.3 is 12.0 Å². The summed E-state index contributed by atoms with van der Waals surface area (Å²) < 4.78 is 0. The van der Waals surface area contributed by atoms with E-state index in [0.29, 0.717) is 25.3 Å². The van der Waals surface area contributed by atoms with E-state index in [-0.39, 0.29) is 19.0 Å². The zero-order valence-electron chi connectivity index (χ0n) is 13.3. The number of nitrogens with one attached hydrogen (secondary N) is 3. The van der Waals surface area contributed by atoms with Gasteiger partial charge in [0.1, 0.15) is 0 Å². The third-order valence-electron chi connectivity index (χ3n) is 3.51. The van der Waals surface area contributed by atoms with Crippen LogP contribution < -0.4 is 16.0 Å². The summed E-state index contributed by atoms with van der Waals surface area (Å²) in [5.74, 6) is -0.857. The predicted molar refractivity (Wildman–Crippen MR) is 79.9 cm³/mol. The summed E-state index contributed by atoms with van der Waals surface area (Å²) in [5.41, 5.74) is -0.961. The lowest BCUT2D eigenvalue weighted by Gasteiger charge is -2.26. The van der Waals surface area contributed by atoms with Crippen molar-refractivity contribution in [2.75, 3.05) is 19.6 Å². The molecule has 122 valence electrons. The van der Waals surface area contributed by atoms with Gasteiger partial charge in [0, 0.05) is 13.1 Å². The fourth-order valence-corrected chi connectivity index (χ4v) is 1.73. The topological polar surface area (TPSA) is 108 Å². The van der Waals surface area contributed by atoms with Gasteiger partial charge in [0.15, 0.2) is 0 Å². The molecular formula is C14H27N3O4. The molecule has 3 amide bonds. The summed E-state index contributed by atoms with van der Waals surface area (Å²) in [7, 11) is 0. The van der Waals surface area contributed by atoms with Crippen LogP contribution in [-0.4, -0.2) is 42.6 Å². The van der Waals surface area contributed by atoms with Crippen LogP contribution in [-0.2, 0) is 9.59 Å². The first-order valence-electron chi connectivity index (χ1n) is 7.29. The van der Waals surface area contributed by atoms with Crippen LogP contribution in [0.25, 0.3) is 0 Å².